The lowest BCUT2D eigenvalue weighted by atomic mass is 9.93. The van der Waals surface area contributed by atoms with Crippen molar-refractivity contribution in [3.05, 3.63) is 86.3 Å². The fourth-order valence-corrected chi connectivity index (χ4v) is 4.15. The molecule has 1 saturated heterocycles. The molecule has 3 aromatic rings. The fourth-order valence-electron chi connectivity index (χ4n) is 3.96. The SMILES string of the molecule is Cc1oc(C(C)(C)C)cc1C(=O)N1CCN(Cc2cc(=O)c(OCc3ccccc3Cl)co2)CC1. The Hall–Kier alpha value is -3.03. The Bertz CT molecular complexity index is 1250. The van der Waals surface area contributed by atoms with Gasteiger partial charge in [0.15, 0.2) is 0 Å². The number of hydrogen-bond acceptors (Lipinski definition) is 6. The third-order valence-electron chi connectivity index (χ3n) is 6.12. The average molecular weight is 499 g/mol. The second-order valence-corrected chi connectivity index (χ2v) is 10.3. The number of aryl methyl sites for hydroxylation is 1. The maximum absolute atomic E-state index is 13.1. The van der Waals surface area contributed by atoms with Crippen molar-refractivity contribution in [1.82, 2.24) is 9.80 Å². The predicted octanol–water partition coefficient (Wildman–Crippen LogP) is 5.03. The van der Waals surface area contributed by atoms with Crippen LogP contribution in [0, 0.1) is 6.92 Å². The molecule has 0 N–H and O–H groups in total. The molecule has 1 amide bonds. The van der Waals surface area contributed by atoms with Gasteiger partial charge >= 0.3 is 0 Å². The molecule has 0 bridgehead atoms. The average Bonchev–Trinajstić information content (AvgIpc) is 3.22. The van der Waals surface area contributed by atoms with Gasteiger partial charge in [-0.15, -0.1) is 0 Å². The first kappa shape index (κ1) is 25.1. The third-order valence-corrected chi connectivity index (χ3v) is 6.49. The largest absolute Gasteiger partial charge is 0.482 e. The molecule has 0 unspecified atom stereocenters. The van der Waals surface area contributed by atoms with Gasteiger partial charge in [0.1, 0.15) is 30.2 Å². The van der Waals surface area contributed by atoms with E-state index in [0.29, 0.717) is 54.8 Å². The lowest BCUT2D eigenvalue weighted by molar-refractivity contribution is 0.0617. The van der Waals surface area contributed by atoms with Crippen molar-refractivity contribution in [2.24, 2.45) is 0 Å². The van der Waals surface area contributed by atoms with Crippen molar-refractivity contribution in [2.75, 3.05) is 26.2 Å². The molecule has 2 aromatic heterocycles. The van der Waals surface area contributed by atoms with Crippen molar-refractivity contribution in [3.8, 4) is 5.75 Å². The molecule has 186 valence electrons. The van der Waals surface area contributed by atoms with Gasteiger partial charge in [-0.3, -0.25) is 14.5 Å². The Morgan fingerprint density at radius 1 is 1.11 bits per heavy atom. The Morgan fingerprint density at radius 2 is 1.83 bits per heavy atom. The van der Waals surface area contributed by atoms with Gasteiger partial charge in [-0.2, -0.15) is 0 Å². The van der Waals surface area contributed by atoms with Gasteiger partial charge in [-0.25, -0.2) is 0 Å². The highest BCUT2D eigenvalue weighted by Crippen LogP contribution is 2.28. The smallest absolute Gasteiger partial charge is 0.257 e. The van der Waals surface area contributed by atoms with E-state index in [-0.39, 0.29) is 29.1 Å². The zero-order chi connectivity index (χ0) is 25.2. The Morgan fingerprint density at radius 3 is 2.46 bits per heavy atom. The van der Waals surface area contributed by atoms with Crippen LogP contribution < -0.4 is 10.2 Å². The number of amides is 1. The van der Waals surface area contributed by atoms with Crippen LogP contribution in [0.4, 0.5) is 0 Å². The zero-order valence-electron chi connectivity index (χ0n) is 20.6. The predicted molar refractivity (Wildman–Crippen MR) is 134 cm³/mol. The molecule has 1 aliphatic heterocycles. The Balaban J connectivity index is 1.31. The van der Waals surface area contributed by atoms with Crippen molar-refractivity contribution in [3.63, 3.8) is 0 Å². The molecule has 1 fully saturated rings. The Labute approximate surface area is 210 Å². The maximum Gasteiger partial charge on any atom is 0.257 e. The van der Waals surface area contributed by atoms with E-state index in [1.165, 1.54) is 12.3 Å². The standard InChI is InChI=1S/C27H31ClN2O5/c1-18-21(14-25(35-18)27(2,3)4)26(32)30-11-9-29(10-12-30)15-20-13-23(31)24(17-33-20)34-16-19-7-5-6-8-22(19)28/h5-8,13-14,17H,9-12,15-16H2,1-4H3. The summed E-state index contributed by atoms with van der Waals surface area (Å²) in [5.41, 5.74) is 1.03. The first-order valence-corrected chi connectivity index (χ1v) is 12.1. The first-order valence-electron chi connectivity index (χ1n) is 11.7. The summed E-state index contributed by atoms with van der Waals surface area (Å²) in [4.78, 5) is 29.6. The molecule has 8 heteroatoms. The second kappa shape index (κ2) is 10.3. The minimum Gasteiger partial charge on any atom is -0.482 e. The maximum atomic E-state index is 13.1. The number of carbonyl (C=O) groups excluding carboxylic acids is 1. The summed E-state index contributed by atoms with van der Waals surface area (Å²) in [5.74, 6) is 2.16. The monoisotopic (exact) mass is 498 g/mol. The van der Waals surface area contributed by atoms with Crippen LogP contribution in [0.3, 0.4) is 0 Å². The quantitative estimate of drug-likeness (QED) is 0.474. The van der Waals surface area contributed by atoms with Crippen molar-refractivity contribution in [2.45, 2.75) is 46.3 Å². The topological polar surface area (TPSA) is 76.1 Å². The molecular weight excluding hydrogens is 468 g/mol. The summed E-state index contributed by atoms with van der Waals surface area (Å²) >= 11 is 6.14. The summed E-state index contributed by atoms with van der Waals surface area (Å²) in [5, 5.41) is 0.587. The van der Waals surface area contributed by atoms with Crippen LogP contribution in [0.15, 0.2) is 56.3 Å². The molecule has 0 atom stereocenters. The molecule has 0 saturated carbocycles. The molecule has 3 heterocycles. The number of carbonyl (C=O) groups is 1. The number of furan rings is 1. The summed E-state index contributed by atoms with van der Waals surface area (Å²) in [6.45, 7) is 11.3. The number of rotatable bonds is 6. The van der Waals surface area contributed by atoms with Gasteiger partial charge in [-0.05, 0) is 19.1 Å². The van der Waals surface area contributed by atoms with E-state index in [4.69, 9.17) is 25.2 Å². The molecule has 7 nitrogen and oxygen atoms in total. The van der Waals surface area contributed by atoms with E-state index in [0.717, 1.165) is 11.3 Å². The third kappa shape index (κ3) is 5.97. The van der Waals surface area contributed by atoms with Crippen LogP contribution in [-0.2, 0) is 18.6 Å². The van der Waals surface area contributed by atoms with E-state index < -0.39 is 0 Å². The van der Waals surface area contributed by atoms with Gasteiger partial charge in [0.05, 0.1) is 12.1 Å². The number of nitrogens with zero attached hydrogens (tertiary/aromatic N) is 2. The van der Waals surface area contributed by atoms with Crippen LogP contribution in [0.5, 0.6) is 5.75 Å². The summed E-state index contributed by atoms with van der Waals surface area (Å²) < 4.78 is 17.1. The minimum absolute atomic E-state index is 0.00652. The fraction of sp³-hybridized carbons (Fsp3) is 0.407. The van der Waals surface area contributed by atoms with Gasteiger partial charge in [-0.1, -0.05) is 50.6 Å². The highest BCUT2D eigenvalue weighted by Gasteiger charge is 2.28. The summed E-state index contributed by atoms with van der Waals surface area (Å²) in [6.07, 6.45) is 1.35. The normalized spacial score (nSPS) is 14.8. The zero-order valence-corrected chi connectivity index (χ0v) is 21.4. The molecule has 1 aliphatic rings. The lowest BCUT2D eigenvalue weighted by Gasteiger charge is -2.34. The Kier molecular flexibility index (Phi) is 7.38. The molecule has 35 heavy (non-hydrogen) atoms. The van der Waals surface area contributed by atoms with Crippen LogP contribution >= 0.6 is 11.6 Å². The van der Waals surface area contributed by atoms with E-state index in [1.807, 2.05) is 36.1 Å². The van der Waals surface area contributed by atoms with Gasteiger partial charge in [0.25, 0.3) is 5.91 Å². The number of hydrogen-bond donors (Lipinski definition) is 0. The van der Waals surface area contributed by atoms with E-state index in [1.54, 1.807) is 6.07 Å². The van der Waals surface area contributed by atoms with Gasteiger partial charge in [0.2, 0.25) is 11.2 Å². The number of ether oxygens (including phenoxy) is 1. The highest BCUT2D eigenvalue weighted by molar-refractivity contribution is 6.31. The summed E-state index contributed by atoms with van der Waals surface area (Å²) in [6, 6.07) is 10.7. The van der Waals surface area contributed by atoms with Crippen LogP contribution in [0.25, 0.3) is 0 Å². The van der Waals surface area contributed by atoms with Crippen molar-refractivity contribution >= 4 is 17.5 Å². The van der Waals surface area contributed by atoms with Crippen molar-refractivity contribution < 1.29 is 18.4 Å². The number of benzene rings is 1. The highest BCUT2D eigenvalue weighted by atomic mass is 35.5. The molecule has 0 spiro atoms. The minimum atomic E-state index is -0.239. The van der Waals surface area contributed by atoms with E-state index >= 15 is 0 Å². The molecular formula is C27H31ClN2O5. The second-order valence-electron chi connectivity index (χ2n) is 9.85. The molecule has 4 rings (SSSR count). The van der Waals surface area contributed by atoms with E-state index in [2.05, 4.69) is 25.7 Å². The van der Waals surface area contributed by atoms with E-state index in [9.17, 15) is 9.59 Å². The molecule has 1 aromatic carbocycles. The van der Waals surface area contributed by atoms with Gasteiger partial charge < -0.3 is 18.5 Å². The van der Waals surface area contributed by atoms with Crippen LogP contribution in [0.2, 0.25) is 5.02 Å². The van der Waals surface area contributed by atoms with Crippen LogP contribution in [0.1, 0.15) is 54.0 Å². The lowest BCUT2D eigenvalue weighted by Crippen LogP contribution is -2.48. The van der Waals surface area contributed by atoms with Crippen molar-refractivity contribution in [1.29, 1.82) is 0 Å². The van der Waals surface area contributed by atoms with Gasteiger partial charge in [0, 0.05) is 48.2 Å². The van der Waals surface area contributed by atoms with Crippen LogP contribution in [-0.4, -0.2) is 41.9 Å². The number of piperazine rings is 1. The first-order chi connectivity index (χ1) is 16.6. The summed E-state index contributed by atoms with van der Waals surface area (Å²) in [7, 11) is 0. The molecule has 0 aliphatic carbocycles. The number of halogens is 1. The molecule has 0 radical (unpaired) electrons.